The second-order valence-electron chi connectivity index (χ2n) is 4.94. The summed E-state index contributed by atoms with van der Waals surface area (Å²) >= 11 is 5.63. The van der Waals surface area contributed by atoms with Crippen molar-refractivity contribution >= 4 is 17.7 Å². The molecule has 4 N–H and O–H groups in total. The summed E-state index contributed by atoms with van der Waals surface area (Å²) in [6, 6.07) is 4.03. The lowest BCUT2D eigenvalue weighted by atomic mass is 9.90. The number of hydrogen-bond acceptors (Lipinski definition) is 4. The zero-order valence-electron chi connectivity index (χ0n) is 11.1. The van der Waals surface area contributed by atoms with E-state index in [2.05, 4.69) is 0 Å². The van der Waals surface area contributed by atoms with Crippen LogP contribution < -0.4 is 5.73 Å². The molecule has 0 aromatic heterocycles. The first-order chi connectivity index (χ1) is 9.87. The average Bonchev–Trinajstić information content (AvgIpc) is 2.62. The van der Waals surface area contributed by atoms with Gasteiger partial charge in [-0.15, -0.1) is 0 Å². The number of benzene rings is 1. The second-order valence-corrected chi connectivity index (χ2v) is 5.34. The van der Waals surface area contributed by atoms with E-state index in [1.54, 1.807) is 0 Å². The molecule has 1 aromatic rings. The number of rotatable bonds is 2. The summed E-state index contributed by atoms with van der Waals surface area (Å²) in [7, 11) is 0. The number of carbonyl (C=O) groups is 1. The Kier molecular flexibility index (Phi) is 4.67. The third-order valence-corrected chi connectivity index (χ3v) is 3.78. The third kappa shape index (κ3) is 3.26. The van der Waals surface area contributed by atoms with Crippen LogP contribution >= 0.6 is 11.6 Å². The first-order valence-corrected chi connectivity index (χ1v) is 6.72. The Morgan fingerprint density at radius 2 is 2.33 bits per heavy atom. The van der Waals surface area contributed by atoms with Gasteiger partial charge in [0, 0.05) is 13.1 Å². The highest BCUT2D eigenvalue weighted by molar-refractivity contribution is 6.30. The van der Waals surface area contributed by atoms with Crippen LogP contribution in [0, 0.1) is 5.82 Å². The molecule has 0 radical (unpaired) electrons. The van der Waals surface area contributed by atoms with Crippen molar-refractivity contribution in [2.24, 2.45) is 5.73 Å². The van der Waals surface area contributed by atoms with Crippen molar-refractivity contribution in [2.45, 2.75) is 11.7 Å². The van der Waals surface area contributed by atoms with Crippen molar-refractivity contribution < 1.29 is 24.1 Å². The molecule has 2 unspecified atom stereocenters. The number of nitrogens with two attached hydrogens (primary N) is 1. The number of ether oxygens (including phenoxy) is 1. The highest BCUT2D eigenvalue weighted by atomic mass is 35.5. The molecule has 2 rings (SSSR count). The fourth-order valence-corrected chi connectivity index (χ4v) is 2.46. The molecule has 0 aliphatic carbocycles. The van der Waals surface area contributed by atoms with E-state index in [0.29, 0.717) is 5.56 Å². The lowest BCUT2D eigenvalue weighted by Gasteiger charge is -2.34. The topological polar surface area (TPSA) is 96.0 Å². The van der Waals surface area contributed by atoms with E-state index in [1.165, 1.54) is 12.1 Å². The predicted molar refractivity (Wildman–Crippen MR) is 73.7 cm³/mol. The van der Waals surface area contributed by atoms with E-state index in [-0.39, 0.29) is 31.3 Å². The Morgan fingerprint density at radius 3 is 2.90 bits per heavy atom. The summed E-state index contributed by atoms with van der Waals surface area (Å²) in [5, 5.41) is 19.7. The van der Waals surface area contributed by atoms with Crippen LogP contribution in [0.3, 0.4) is 0 Å². The number of hydrogen-bond donors (Lipinski definition) is 3. The van der Waals surface area contributed by atoms with Gasteiger partial charge in [0.15, 0.2) is 0 Å². The van der Waals surface area contributed by atoms with E-state index in [9.17, 15) is 14.3 Å². The van der Waals surface area contributed by atoms with Crippen LogP contribution in [-0.4, -0.2) is 53.0 Å². The largest absolute Gasteiger partial charge is 0.465 e. The Hall–Kier alpha value is -1.41. The summed E-state index contributed by atoms with van der Waals surface area (Å²) in [6.07, 6.45) is -2.10. The minimum absolute atomic E-state index is 0.0455. The molecule has 1 heterocycles. The third-order valence-electron chi connectivity index (χ3n) is 3.47. The Morgan fingerprint density at radius 1 is 1.62 bits per heavy atom. The van der Waals surface area contributed by atoms with Gasteiger partial charge in [0.05, 0.1) is 18.2 Å². The van der Waals surface area contributed by atoms with Crippen LogP contribution in [0.5, 0.6) is 0 Å². The Balaban J connectivity index is 2.36. The van der Waals surface area contributed by atoms with Gasteiger partial charge in [0.2, 0.25) is 0 Å². The zero-order valence-corrected chi connectivity index (χ0v) is 11.9. The summed E-state index contributed by atoms with van der Waals surface area (Å²) in [4.78, 5) is 12.1. The maximum atomic E-state index is 13.6. The van der Waals surface area contributed by atoms with Gasteiger partial charge in [-0.3, -0.25) is 0 Å². The molecule has 1 amide bonds. The van der Waals surface area contributed by atoms with Crippen LogP contribution in [0.1, 0.15) is 11.7 Å². The molecule has 6 nitrogen and oxygen atoms in total. The molecule has 1 aliphatic rings. The standard InChI is InChI=1S/C13H16ClFN2O4/c14-9-2-1-8(5-10(9)15)11-13(20,6-16)7-17(12(18)19)3-4-21-11/h1-2,5,11,20H,3-4,6-7,16H2,(H,18,19). The van der Waals surface area contributed by atoms with Crippen LogP contribution in [0.25, 0.3) is 0 Å². The van der Waals surface area contributed by atoms with Gasteiger partial charge < -0.3 is 25.6 Å². The first kappa shape index (κ1) is 16.0. The lowest BCUT2D eigenvalue weighted by Crippen LogP contribution is -2.52. The molecule has 2 atom stereocenters. The number of β-amino-alcohol motifs (C(OH)–C–C–N with tert-alkyl or cyclic N) is 1. The van der Waals surface area contributed by atoms with Gasteiger partial charge in [-0.1, -0.05) is 17.7 Å². The van der Waals surface area contributed by atoms with Gasteiger partial charge in [0.25, 0.3) is 0 Å². The number of carboxylic acid groups (broad SMARTS) is 1. The molecule has 1 saturated heterocycles. The van der Waals surface area contributed by atoms with Crippen molar-refractivity contribution in [2.75, 3.05) is 26.2 Å². The van der Waals surface area contributed by atoms with Crippen molar-refractivity contribution in [1.29, 1.82) is 0 Å². The normalized spacial score (nSPS) is 26.5. The molecule has 1 fully saturated rings. The van der Waals surface area contributed by atoms with E-state index < -0.39 is 23.6 Å². The maximum Gasteiger partial charge on any atom is 0.407 e. The smallest absolute Gasteiger partial charge is 0.407 e. The lowest BCUT2D eigenvalue weighted by molar-refractivity contribution is -0.0930. The van der Waals surface area contributed by atoms with Gasteiger partial charge in [-0.25, -0.2) is 9.18 Å². The quantitative estimate of drug-likeness (QED) is 0.762. The van der Waals surface area contributed by atoms with Crippen molar-refractivity contribution in [1.82, 2.24) is 4.90 Å². The van der Waals surface area contributed by atoms with Crippen LogP contribution in [0.2, 0.25) is 5.02 Å². The van der Waals surface area contributed by atoms with E-state index in [0.717, 1.165) is 11.0 Å². The van der Waals surface area contributed by atoms with E-state index in [1.807, 2.05) is 0 Å². The van der Waals surface area contributed by atoms with Crippen LogP contribution in [0.15, 0.2) is 18.2 Å². The molecule has 1 aliphatic heterocycles. The molecule has 21 heavy (non-hydrogen) atoms. The minimum Gasteiger partial charge on any atom is -0.465 e. The SMILES string of the molecule is NCC1(O)CN(C(=O)O)CCOC1c1ccc(Cl)c(F)c1. The van der Waals surface area contributed by atoms with Crippen LogP contribution in [0.4, 0.5) is 9.18 Å². The Bertz CT molecular complexity index is 545. The molecule has 8 heteroatoms. The minimum atomic E-state index is -1.64. The average molecular weight is 319 g/mol. The summed E-state index contributed by atoms with van der Waals surface area (Å²) in [5.41, 5.74) is 4.31. The molecule has 0 spiro atoms. The van der Waals surface area contributed by atoms with Gasteiger partial charge >= 0.3 is 6.09 Å². The van der Waals surface area contributed by atoms with Gasteiger partial charge in [-0.2, -0.15) is 0 Å². The van der Waals surface area contributed by atoms with Crippen molar-refractivity contribution in [3.63, 3.8) is 0 Å². The van der Waals surface area contributed by atoms with Gasteiger partial charge in [0.1, 0.15) is 17.5 Å². The second kappa shape index (κ2) is 6.15. The fraction of sp³-hybridized carbons (Fsp3) is 0.462. The number of aliphatic hydroxyl groups is 1. The first-order valence-electron chi connectivity index (χ1n) is 6.34. The molecule has 1 aromatic carbocycles. The highest BCUT2D eigenvalue weighted by Gasteiger charge is 2.42. The molecule has 0 saturated carbocycles. The van der Waals surface area contributed by atoms with Gasteiger partial charge in [-0.05, 0) is 17.7 Å². The van der Waals surface area contributed by atoms with Crippen LogP contribution in [-0.2, 0) is 4.74 Å². The molecule has 0 bridgehead atoms. The fourth-order valence-electron chi connectivity index (χ4n) is 2.35. The summed E-state index contributed by atoms with van der Waals surface area (Å²) in [6.45, 7) is -0.271. The maximum absolute atomic E-state index is 13.6. The molecule has 116 valence electrons. The Labute approximate surface area is 125 Å². The number of halogens is 2. The highest BCUT2D eigenvalue weighted by Crippen LogP contribution is 2.33. The zero-order chi connectivity index (χ0) is 15.6. The van der Waals surface area contributed by atoms with E-state index in [4.69, 9.17) is 27.2 Å². The monoisotopic (exact) mass is 318 g/mol. The van der Waals surface area contributed by atoms with Crippen molar-refractivity contribution in [3.05, 3.63) is 34.6 Å². The number of amides is 1. The summed E-state index contributed by atoms with van der Waals surface area (Å²) in [5.74, 6) is -0.642. The number of nitrogens with zero attached hydrogens (tertiary/aromatic N) is 1. The van der Waals surface area contributed by atoms with E-state index >= 15 is 0 Å². The predicted octanol–water partition coefficient (Wildman–Crippen LogP) is 1.22. The summed E-state index contributed by atoms with van der Waals surface area (Å²) < 4.78 is 19.1. The molecular weight excluding hydrogens is 303 g/mol. The molecular formula is C13H16ClFN2O4. The van der Waals surface area contributed by atoms with Crippen molar-refractivity contribution in [3.8, 4) is 0 Å².